The maximum atomic E-state index is 11.7. The van der Waals surface area contributed by atoms with Crippen molar-refractivity contribution in [1.29, 1.82) is 0 Å². The topological polar surface area (TPSA) is 84.2 Å². The summed E-state index contributed by atoms with van der Waals surface area (Å²) in [5.74, 6) is 0.0835. The Morgan fingerprint density at radius 3 is 2.59 bits per heavy atom. The van der Waals surface area contributed by atoms with E-state index in [1.54, 1.807) is 0 Å². The second kappa shape index (κ2) is 7.27. The summed E-state index contributed by atoms with van der Waals surface area (Å²) < 4.78 is 0. The van der Waals surface area contributed by atoms with E-state index < -0.39 is 0 Å². The molecular formula is C12H23N3O2. The minimum Gasteiger partial charge on any atom is -0.356 e. The maximum absolute atomic E-state index is 11.7. The smallest absolute Gasteiger partial charge is 0.223 e. The van der Waals surface area contributed by atoms with Crippen LogP contribution in [0.5, 0.6) is 0 Å². The van der Waals surface area contributed by atoms with Crippen molar-refractivity contribution in [3.8, 4) is 0 Å². The SMILES string of the molecule is CCCNC(=O)CCNC(=O)C1CCC(N)C1. The van der Waals surface area contributed by atoms with Crippen LogP contribution in [0.15, 0.2) is 0 Å². The molecule has 4 N–H and O–H groups in total. The number of nitrogens with two attached hydrogens (primary N) is 1. The van der Waals surface area contributed by atoms with E-state index in [2.05, 4.69) is 10.6 Å². The van der Waals surface area contributed by atoms with E-state index in [1.807, 2.05) is 6.92 Å². The van der Waals surface area contributed by atoms with Crippen molar-refractivity contribution in [2.75, 3.05) is 13.1 Å². The first-order valence-electron chi connectivity index (χ1n) is 6.43. The van der Waals surface area contributed by atoms with Gasteiger partial charge in [0.2, 0.25) is 11.8 Å². The third kappa shape index (κ3) is 5.17. The van der Waals surface area contributed by atoms with Gasteiger partial charge in [0.25, 0.3) is 0 Å². The normalized spacial score (nSPS) is 23.4. The summed E-state index contributed by atoms with van der Waals surface area (Å²) in [6.45, 7) is 3.12. The zero-order valence-corrected chi connectivity index (χ0v) is 10.5. The average molecular weight is 241 g/mol. The predicted molar refractivity (Wildman–Crippen MR) is 66.2 cm³/mol. The first-order valence-corrected chi connectivity index (χ1v) is 6.43. The third-order valence-electron chi connectivity index (χ3n) is 3.07. The second-order valence-corrected chi connectivity index (χ2v) is 4.66. The lowest BCUT2D eigenvalue weighted by molar-refractivity contribution is -0.125. The summed E-state index contributed by atoms with van der Waals surface area (Å²) in [5, 5.41) is 5.57. The zero-order valence-electron chi connectivity index (χ0n) is 10.5. The van der Waals surface area contributed by atoms with Crippen molar-refractivity contribution in [3.63, 3.8) is 0 Å². The van der Waals surface area contributed by atoms with E-state index in [-0.39, 0.29) is 23.8 Å². The van der Waals surface area contributed by atoms with E-state index in [0.717, 1.165) is 25.7 Å². The van der Waals surface area contributed by atoms with Gasteiger partial charge in [-0.3, -0.25) is 9.59 Å². The molecule has 17 heavy (non-hydrogen) atoms. The molecule has 0 aromatic rings. The van der Waals surface area contributed by atoms with Crippen LogP contribution in [-0.4, -0.2) is 30.9 Å². The predicted octanol–water partition coefficient (Wildman–Crippen LogP) is 0.146. The summed E-state index contributed by atoms with van der Waals surface area (Å²) in [5.41, 5.74) is 5.75. The molecule has 1 rings (SSSR count). The number of hydrogen-bond acceptors (Lipinski definition) is 3. The first-order chi connectivity index (χ1) is 8.13. The molecule has 98 valence electrons. The van der Waals surface area contributed by atoms with Gasteiger partial charge in [-0.25, -0.2) is 0 Å². The van der Waals surface area contributed by atoms with Gasteiger partial charge < -0.3 is 16.4 Å². The summed E-state index contributed by atoms with van der Waals surface area (Å²) >= 11 is 0. The van der Waals surface area contributed by atoms with E-state index in [1.165, 1.54) is 0 Å². The number of carbonyl (C=O) groups excluding carboxylic acids is 2. The number of rotatable bonds is 6. The molecule has 2 amide bonds. The minimum absolute atomic E-state index is 0.00438. The standard InChI is InChI=1S/C12H23N3O2/c1-2-6-14-11(16)5-7-15-12(17)9-3-4-10(13)8-9/h9-10H,2-8,13H2,1H3,(H,14,16)(H,15,17). The molecule has 5 nitrogen and oxygen atoms in total. The second-order valence-electron chi connectivity index (χ2n) is 4.66. The Morgan fingerprint density at radius 2 is 2.00 bits per heavy atom. The van der Waals surface area contributed by atoms with Crippen molar-refractivity contribution in [3.05, 3.63) is 0 Å². The molecule has 0 saturated heterocycles. The van der Waals surface area contributed by atoms with Gasteiger partial charge in [0.05, 0.1) is 0 Å². The number of hydrogen-bond donors (Lipinski definition) is 3. The van der Waals surface area contributed by atoms with Gasteiger partial charge in [-0.05, 0) is 25.7 Å². The summed E-state index contributed by atoms with van der Waals surface area (Å²) in [6.07, 6.45) is 3.85. The molecule has 5 heteroatoms. The Labute approximate surface area is 103 Å². The Balaban J connectivity index is 2.10. The highest BCUT2D eigenvalue weighted by Gasteiger charge is 2.27. The van der Waals surface area contributed by atoms with Crippen molar-refractivity contribution in [1.82, 2.24) is 10.6 Å². The highest BCUT2D eigenvalue weighted by Crippen LogP contribution is 2.23. The van der Waals surface area contributed by atoms with Gasteiger partial charge in [-0.2, -0.15) is 0 Å². The molecule has 2 unspecified atom stereocenters. The number of carbonyl (C=O) groups is 2. The van der Waals surface area contributed by atoms with Crippen LogP contribution < -0.4 is 16.4 Å². The monoisotopic (exact) mass is 241 g/mol. The lowest BCUT2D eigenvalue weighted by Crippen LogP contribution is -2.34. The average Bonchev–Trinajstić information content (AvgIpc) is 2.73. The van der Waals surface area contributed by atoms with Crippen molar-refractivity contribution in [2.45, 2.75) is 45.1 Å². The molecule has 0 aromatic heterocycles. The van der Waals surface area contributed by atoms with Crippen LogP contribution in [-0.2, 0) is 9.59 Å². The van der Waals surface area contributed by atoms with Crippen LogP contribution >= 0.6 is 0 Å². The maximum Gasteiger partial charge on any atom is 0.223 e. The molecule has 0 spiro atoms. The third-order valence-corrected chi connectivity index (χ3v) is 3.07. The van der Waals surface area contributed by atoms with Crippen LogP contribution in [0.1, 0.15) is 39.0 Å². The first kappa shape index (κ1) is 14.0. The van der Waals surface area contributed by atoms with E-state index in [4.69, 9.17) is 5.73 Å². The van der Waals surface area contributed by atoms with E-state index in [0.29, 0.717) is 19.5 Å². The fourth-order valence-corrected chi connectivity index (χ4v) is 2.05. The Kier molecular flexibility index (Phi) is 5.97. The van der Waals surface area contributed by atoms with Crippen molar-refractivity contribution in [2.24, 2.45) is 11.7 Å². The Bertz CT molecular complexity index is 268. The van der Waals surface area contributed by atoms with E-state index >= 15 is 0 Å². The van der Waals surface area contributed by atoms with Gasteiger partial charge in [-0.1, -0.05) is 6.92 Å². The summed E-state index contributed by atoms with van der Waals surface area (Å²) in [6, 6.07) is 0.165. The van der Waals surface area contributed by atoms with Crippen molar-refractivity contribution >= 4 is 11.8 Å². The lowest BCUT2D eigenvalue weighted by Gasteiger charge is -2.10. The van der Waals surface area contributed by atoms with E-state index in [9.17, 15) is 9.59 Å². The van der Waals surface area contributed by atoms with Crippen molar-refractivity contribution < 1.29 is 9.59 Å². The van der Waals surface area contributed by atoms with Gasteiger partial charge in [0.1, 0.15) is 0 Å². The molecule has 1 fully saturated rings. The molecule has 1 aliphatic rings. The largest absolute Gasteiger partial charge is 0.356 e. The lowest BCUT2D eigenvalue weighted by atomic mass is 10.1. The molecule has 2 atom stereocenters. The minimum atomic E-state index is -0.00438. The number of nitrogens with one attached hydrogen (secondary N) is 2. The summed E-state index contributed by atoms with van der Waals surface area (Å²) in [4.78, 5) is 23.0. The highest BCUT2D eigenvalue weighted by molar-refractivity contribution is 5.80. The molecule has 0 aliphatic heterocycles. The molecule has 0 bridgehead atoms. The van der Waals surface area contributed by atoms with Crippen LogP contribution in [0, 0.1) is 5.92 Å². The van der Waals surface area contributed by atoms with Gasteiger partial charge in [0.15, 0.2) is 0 Å². The van der Waals surface area contributed by atoms with Crippen LogP contribution in [0.4, 0.5) is 0 Å². The molecule has 1 aliphatic carbocycles. The fraction of sp³-hybridized carbons (Fsp3) is 0.833. The molecule has 0 radical (unpaired) electrons. The van der Waals surface area contributed by atoms with Gasteiger partial charge in [0, 0.05) is 31.5 Å². The Morgan fingerprint density at radius 1 is 1.24 bits per heavy atom. The Hall–Kier alpha value is -1.10. The number of amides is 2. The van der Waals surface area contributed by atoms with Crippen LogP contribution in [0.25, 0.3) is 0 Å². The fourth-order valence-electron chi connectivity index (χ4n) is 2.05. The molecule has 0 heterocycles. The van der Waals surface area contributed by atoms with Gasteiger partial charge >= 0.3 is 0 Å². The molecular weight excluding hydrogens is 218 g/mol. The van der Waals surface area contributed by atoms with Crippen LogP contribution in [0.2, 0.25) is 0 Å². The summed E-state index contributed by atoms with van der Waals surface area (Å²) in [7, 11) is 0. The highest BCUT2D eigenvalue weighted by atomic mass is 16.2. The molecule has 0 aromatic carbocycles. The van der Waals surface area contributed by atoms with Gasteiger partial charge in [-0.15, -0.1) is 0 Å². The van der Waals surface area contributed by atoms with Crippen LogP contribution in [0.3, 0.4) is 0 Å². The molecule has 1 saturated carbocycles. The quantitative estimate of drug-likeness (QED) is 0.618. The zero-order chi connectivity index (χ0) is 12.7.